The first-order valence-corrected chi connectivity index (χ1v) is 5.77. The Kier molecular flexibility index (Phi) is 3.85. The fraction of sp³-hybridized carbons (Fsp3) is 0. The standard InChI is InChI=1S/C13H8ClF3N2O/c14-8-2-1-6(15)3-12(8)19-13(20)7-4-11(18)10(17)5-9(7)16/h1-5H,18H2,(H,19,20). The fourth-order valence-corrected chi connectivity index (χ4v) is 1.69. The highest BCUT2D eigenvalue weighted by Gasteiger charge is 2.16. The van der Waals surface area contributed by atoms with Crippen molar-refractivity contribution in [2.45, 2.75) is 0 Å². The highest BCUT2D eigenvalue weighted by atomic mass is 35.5. The Morgan fingerprint density at radius 2 is 1.80 bits per heavy atom. The first-order chi connectivity index (χ1) is 9.38. The van der Waals surface area contributed by atoms with Gasteiger partial charge in [0.1, 0.15) is 17.5 Å². The molecule has 3 nitrogen and oxygen atoms in total. The molecule has 104 valence electrons. The summed E-state index contributed by atoms with van der Waals surface area (Å²) in [6.45, 7) is 0. The topological polar surface area (TPSA) is 55.1 Å². The van der Waals surface area contributed by atoms with Crippen LogP contribution < -0.4 is 11.1 Å². The Hall–Kier alpha value is -2.21. The van der Waals surface area contributed by atoms with Crippen LogP contribution in [0.4, 0.5) is 24.5 Å². The second-order valence-electron chi connectivity index (χ2n) is 3.93. The van der Waals surface area contributed by atoms with Gasteiger partial charge in [0.2, 0.25) is 0 Å². The van der Waals surface area contributed by atoms with Crippen LogP contribution in [0.2, 0.25) is 5.02 Å². The van der Waals surface area contributed by atoms with Crippen LogP contribution in [0, 0.1) is 17.5 Å². The number of halogens is 4. The Balaban J connectivity index is 2.33. The van der Waals surface area contributed by atoms with Crippen LogP contribution >= 0.6 is 11.6 Å². The predicted molar refractivity (Wildman–Crippen MR) is 70.1 cm³/mol. The van der Waals surface area contributed by atoms with E-state index in [4.69, 9.17) is 17.3 Å². The summed E-state index contributed by atoms with van der Waals surface area (Å²) in [5.74, 6) is -3.59. The molecule has 7 heteroatoms. The van der Waals surface area contributed by atoms with Crippen LogP contribution in [0.5, 0.6) is 0 Å². The van der Waals surface area contributed by atoms with Gasteiger partial charge in [0.15, 0.2) is 0 Å². The minimum atomic E-state index is -1.08. The van der Waals surface area contributed by atoms with Crippen LogP contribution in [0.25, 0.3) is 0 Å². The molecule has 0 radical (unpaired) electrons. The normalized spacial score (nSPS) is 10.4. The highest BCUT2D eigenvalue weighted by molar-refractivity contribution is 6.33. The highest BCUT2D eigenvalue weighted by Crippen LogP contribution is 2.24. The van der Waals surface area contributed by atoms with E-state index in [1.165, 1.54) is 6.07 Å². The van der Waals surface area contributed by atoms with E-state index in [9.17, 15) is 18.0 Å². The molecule has 2 aromatic carbocycles. The van der Waals surface area contributed by atoms with Crippen molar-refractivity contribution in [3.63, 3.8) is 0 Å². The van der Waals surface area contributed by atoms with Crippen molar-refractivity contribution in [2.75, 3.05) is 11.1 Å². The summed E-state index contributed by atoms with van der Waals surface area (Å²) in [5, 5.41) is 2.30. The van der Waals surface area contributed by atoms with Gasteiger partial charge in [0.25, 0.3) is 5.91 Å². The van der Waals surface area contributed by atoms with Crippen LogP contribution in [0.3, 0.4) is 0 Å². The van der Waals surface area contributed by atoms with E-state index >= 15 is 0 Å². The molecule has 0 aliphatic heterocycles. The molecule has 0 aromatic heterocycles. The summed E-state index contributed by atoms with van der Waals surface area (Å²) in [6, 6.07) is 4.67. The van der Waals surface area contributed by atoms with Gasteiger partial charge in [-0.3, -0.25) is 4.79 Å². The average molecular weight is 301 g/mol. The average Bonchev–Trinajstić information content (AvgIpc) is 2.38. The summed E-state index contributed by atoms with van der Waals surface area (Å²) < 4.78 is 39.5. The summed E-state index contributed by atoms with van der Waals surface area (Å²) in [6.07, 6.45) is 0. The summed E-state index contributed by atoms with van der Waals surface area (Å²) in [4.78, 5) is 11.9. The summed E-state index contributed by atoms with van der Waals surface area (Å²) in [5.41, 5.74) is 4.40. The van der Waals surface area contributed by atoms with E-state index in [1.807, 2.05) is 0 Å². The molecule has 0 saturated carbocycles. The number of hydrogen-bond donors (Lipinski definition) is 2. The lowest BCUT2D eigenvalue weighted by Gasteiger charge is -2.09. The molecule has 2 rings (SSSR count). The molecule has 0 unspecified atom stereocenters. The lowest BCUT2D eigenvalue weighted by atomic mass is 10.1. The van der Waals surface area contributed by atoms with E-state index in [1.54, 1.807) is 0 Å². The first-order valence-electron chi connectivity index (χ1n) is 5.39. The minimum Gasteiger partial charge on any atom is -0.396 e. The maximum atomic E-state index is 13.5. The van der Waals surface area contributed by atoms with Gasteiger partial charge in [-0.15, -0.1) is 0 Å². The Morgan fingerprint density at radius 1 is 1.10 bits per heavy atom. The number of carbonyl (C=O) groups is 1. The van der Waals surface area contributed by atoms with Crippen molar-refractivity contribution < 1.29 is 18.0 Å². The van der Waals surface area contributed by atoms with Crippen LogP contribution in [-0.4, -0.2) is 5.91 Å². The second kappa shape index (κ2) is 5.42. The Labute approximate surface area is 117 Å². The van der Waals surface area contributed by atoms with E-state index in [0.29, 0.717) is 6.07 Å². The molecular formula is C13H8ClF3N2O. The largest absolute Gasteiger partial charge is 0.396 e. The first kappa shape index (κ1) is 14.2. The number of rotatable bonds is 2. The van der Waals surface area contributed by atoms with E-state index in [0.717, 1.165) is 18.2 Å². The zero-order chi connectivity index (χ0) is 14.9. The van der Waals surface area contributed by atoms with Crippen molar-refractivity contribution in [1.82, 2.24) is 0 Å². The maximum absolute atomic E-state index is 13.5. The quantitative estimate of drug-likeness (QED) is 0.833. The van der Waals surface area contributed by atoms with Gasteiger partial charge in [-0.25, -0.2) is 13.2 Å². The molecule has 0 saturated heterocycles. The number of anilines is 2. The number of nitrogens with two attached hydrogens (primary N) is 1. The van der Waals surface area contributed by atoms with E-state index < -0.39 is 28.9 Å². The molecule has 0 aliphatic rings. The van der Waals surface area contributed by atoms with Gasteiger partial charge < -0.3 is 11.1 Å². The monoisotopic (exact) mass is 300 g/mol. The number of hydrogen-bond acceptors (Lipinski definition) is 2. The smallest absolute Gasteiger partial charge is 0.258 e. The van der Waals surface area contributed by atoms with Crippen molar-refractivity contribution in [2.24, 2.45) is 0 Å². The van der Waals surface area contributed by atoms with Crippen LogP contribution in [-0.2, 0) is 0 Å². The number of carbonyl (C=O) groups excluding carboxylic acids is 1. The SMILES string of the molecule is Nc1cc(C(=O)Nc2cc(F)ccc2Cl)c(F)cc1F. The molecule has 1 amide bonds. The molecule has 0 aliphatic carbocycles. The number of nitrogens with one attached hydrogen (secondary N) is 1. The molecule has 0 heterocycles. The van der Waals surface area contributed by atoms with Crippen molar-refractivity contribution in [1.29, 1.82) is 0 Å². The molecule has 0 atom stereocenters. The third kappa shape index (κ3) is 2.85. The number of nitrogen functional groups attached to an aromatic ring is 1. The second-order valence-corrected chi connectivity index (χ2v) is 4.34. The van der Waals surface area contributed by atoms with Crippen LogP contribution in [0.1, 0.15) is 10.4 Å². The number of amides is 1. The van der Waals surface area contributed by atoms with Gasteiger partial charge in [0, 0.05) is 6.07 Å². The van der Waals surface area contributed by atoms with E-state index in [-0.39, 0.29) is 16.4 Å². The third-order valence-corrected chi connectivity index (χ3v) is 2.84. The zero-order valence-corrected chi connectivity index (χ0v) is 10.6. The van der Waals surface area contributed by atoms with Gasteiger partial charge in [0.05, 0.1) is 22.0 Å². The van der Waals surface area contributed by atoms with Crippen molar-refractivity contribution in [3.05, 3.63) is 58.4 Å². The van der Waals surface area contributed by atoms with Gasteiger partial charge >= 0.3 is 0 Å². The number of benzene rings is 2. The lowest BCUT2D eigenvalue weighted by molar-refractivity contribution is 0.102. The Bertz CT molecular complexity index is 692. The third-order valence-electron chi connectivity index (χ3n) is 2.51. The van der Waals surface area contributed by atoms with Gasteiger partial charge in [-0.05, 0) is 24.3 Å². The van der Waals surface area contributed by atoms with Gasteiger partial charge in [-0.1, -0.05) is 11.6 Å². The maximum Gasteiger partial charge on any atom is 0.258 e. The molecule has 20 heavy (non-hydrogen) atoms. The molecule has 3 N–H and O–H groups in total. The predicted octanol–water partition coefficient (Wildman–Crippen LogP) is 3.59. The Morgan fingerprint density at radius 3 is 2.50 bits per heavy atom. The van der Waals surface area contributed by atoms with Crippen molar-refractivity contribution >= 4 is 28.9 Å². The lowest BCUT2D eigenvalue weighted by Crippen LogP contribution is -2.15. The van der Waals surface area contributed by atoms with Crippen molar-refractivity contribution in [3.8, 4) is 0 Å². The zero-order valence-electron chi connectivity index (χ0n) is 9.88. The van der Waals surface area contributed by atoms with Crippen LogP contribution in [0.15, 0.2) is 30.3 Å². The fourth-order valence-electron chi connectivity index (χ4n) is 1.52. The summed E-state index contributed by atoms with van der Waals surface area (Å²) >= 11 is 5.76. The molecule has 2 aromatic rings. The van der Waals surface area contributed by atoms with E-state index in [2.05, 4.69) is 5.32 Å². The molecular weight excluding hydrogens is 293 g/mol. The molecule has 0 bridgehead atoms. The summed E-state index contributed by atoms with van der Waals surface area (Å²) in [7, 11) is 0. The van der Waals surface area contributed by atoms with Gasteiger partial charge in [-0.2, -0.15) is 0 Å². The molecule has 0 fully saturated rings. The molecule has 0 spiro atoms. The minimum absolute atomic E-state index is 0.0287.